The van der Waals surface area contributed by atoms with Crippen molar-refractivity contribution in [1.29, 1.82) is 0 Å². The maximum Gasteiger partial charge on any atom is 0.311 e. The minimum absolute atomic E-state index is 0.194. The summed E-state index contributed by atoms with van der Waals surface area (Å²) in [5.74, 6) is 0.773. The number of carbonyl (C=O) groups excluding carboxylic acids is 2. The molecule has 0 spiro atoms. The molecule has 0 atom stereocenters. The molecule has 0 N–H and O–H groups in total. The molecule has 0 aliphatic rings. The van der Waals surface area contributed by atoms with Crippen molar-refractivity contribution in [2.45, 2.75) is 156 Å². The van der Waals surface area contributed by atoms with E-state index in [0.29, 0.717) is 24.3 Å². The molecule has 44 heavy (non-hydrogen) atoms. The summed E-state index contributed by atoms with van der Waals surface area (Å²) in [6, 6.07) is 13.9. The third kappa shape index (κ3) is 11.6. The van der Waals surface area contributed by atoms with Crippen molar-refractivity contribution in [1.82, 2.24) is 0 Å². The van der Waals surface area contributed by atoms with Crippen molar-refractivity contribution in [3.63, 3.8) is 0 Å². The van der Waals surface area contributed by atoms with Crippen LogP contribution in [0.15, 0.2) is 42.5 Å². The quantitative estimate of drug-likeness (QED) is 0.0469. The zero-order valence-corrected chi connectivity index (χ0v) is 28.0. The summed E-state index contributed by atoms with van der Waals surface area (Å²) in [5, 5.41) is 3.32. The Labute approximate surface area is 267 Å². The highest BCUT2D eigenvalue weighted by molar-refractivity contribution is 6.13. The van der Waals surface area contributed by atoms with E-state index in [9.17, 15) is 9.59 Å². The first-order valence-corrected chi connectivity index (χ1v) is 18.0. The molecule has 3 aromatic rings. The lowest BCUT2D eigenvalue weighted by molar-refractivity contribution is -0.135. The molecular formula is C40H58O4. The van der Waals surface area contributed by atoms with Gasteiger partial charge in [0.1, 0.15) is 11.5 Å². The van der Waals surface area contributed by atoms with Crippen LogP contribution in [0, 0.1) is 0 Å². The van der Waals surface area contributed by atoms with Crippen LogP contribution in [0.5, 0.6) is 11.5 Å². The van der Waals surface area contributed by atoms with Crippen molar-refractivity contribution in [3.8, 4) is 11.5 Å². The van der Waals surface area contributed by atoms with Crippen LogP contribution in [-0.2, 0) is 16.0 Å². The Kier molecular flexibility index (Phi) is 17.0. The van der Waals surface area contributed by atoms with Crippen LogP contribution in [-0.4, -0.2) is 11.9 Å². The molecule has 0 amide bonds. The van der Waals surface area contributed by atoms with Gasteiger partial charge in [0.25, 0.3) is 0 Å². The van der Waals surface area contributed by atoms with Gasteiger partial charge in [0.15, 0.2) is 0 Å². The topological polar surface area (TPSA) is 52.6 Å². The van der Waals surface area contributed by atoms with Gasteiger partial charge in [0.05, 0.1) is 0 Å². The summed E-state index contributed by atoms with van der Waals surface area (Å²) < 4.78 is 12.3. The standard InChI is InChI=1S/C40H58O4/c1-4-7-9-11-13-15-17-19-21-30-36(41)43-39-33-27-23-24-28-34(33)40(38-32(6-3)26-25-29-35(38)39)44-37(42)31-22-20-18-16-14-12-10-8-5-2/h23-29H,4-22,30-31H2,1-3H3. The summed E-state index contributed by atoms with van der Waals surface area (Å²) in [6.45, 7) is 6.60. The molecule has 0 aromatic heterocycles. The lowest BCUT2D eigenvalue weighted by Crippen LogP contribution is -2.11. The molecular weight excluding hydrogens is 544 g/mol. The van der Waals surface area contributed by atoms with Gasteiger partial charge in [-0.25, -0.2) is 0 Å². The van der Waals surface area contributed by atoms with Crippen LogP contribution >= 0.6 is 0 Å². The van der Waals surface area contributed by atoms with E-state index >= 15 is 0 Å². The second-order valence-electron chi connectivity index (χ2n) is 12.5. The Balaban J connectivity index is 1.66. The highest BCUT2D eigenvalue weighted by Crippen LogP contribution is 2.44. The molecule has 4 nitrogen and oxygen atoms in total. The fourth-order valence-electron chi connectivity index (χ4n) is 6.22. The first-order chi connectivity index (χ1) is 21.6. The van der Waals surface area contributed by atoms with Gasteiger partial charge in [0.2, 0.25) is 0 Å². The van der Waals surface area contributed by atoms with Crippen LogP contribution < -0.4 is 9.47 Å². The highest BCUT2D eigenvalue weighted by Gasteiger charge is 2.21. The molecule has 0 aliphatic carbocycles. The van der Waals surface area contributed by atoms with E-state index in [2.05, 4.69) is 26.8 Å². The number of fused-ring (bicyclic) bond motifs is 2. The van der Waals surface area contributed by atoms with Crippen LogP contribution in [0.2, 0.25) is 0 Å². The minimum atomic E-state index is -0.198. The molecule has 0 radical (unpaired) electrons. The number of unbranched alkanes of at least 4 members (excludes halogenated alkanes) is 16. The number of rotatable bonds is 23. The molecule has 242 valence electrons. The van der Waals surface area contributed by atoms with Crippen molar-refractivity contribution in [2.75, 3.05) is 0 Å². The number of ether oxygens (including phenoxy) is 2. The monoisotopic (exact) mass is 602 g/mol. The van der Waals surface area contributed by atoms with Crippen molar-refractivity contribution < 1.29 is 19.1 Å². The Morgan fingerprint density at radius 2 is 0.886 bits per heavy atom. The number of hydrogen-bond donors (Lipinski definition) is 0. The number of esters is 2. The second-order valence-corrected chi connectivity index (χ2v) is 12.5. The van der Waals surface area contributed by atoms with Crippen LogP contribution in [0.3, 0.4) is 0 Å². The van der Waals surface area contributed by atoms with E-state index in [1.165, 1.54) is 89.9 Å². The van der Waals surface area contributed by atoms with Gasteiger partial charge < -0.3 is 9.47 Å². The molecule has 0 saturated heterocycles. The summed E-state index contributed by atoms with van der Waals surface area (Å²) in [7, 11) is 0. The van der Waals surface area contributed by atoms with Gasteiger partial charge in [-0.3, -0.25) is 9.59 Å². The first kappa shape index (κ1) is 35.6. The normalized spacial score (nSPS) is 11.3. The van der Waals surface area contributed by atoms with E-state index in [0.717, 1.165) is 59.2 Å². The van der Waals surface area contributed by atoms with E-state index in [1.54, 1.807) is 0 Å². The first-order valence-electron chi connectivity index (χ1n) is 18.0. The third-order valence-corrected chi connectivity index (χ3v) is 8.82. The lowest BCUT2D eigenvalue weighted by Gasteiger charge is -2.18. The average molecular weight is 603 g/mol. The maximum atomic E-state index is 13.1. The Hall–Kier alpha value is -2.88. The zero-order valence-electron chi connectivity index (χ0n) is 28.0. The fourth-order valence-corrected chi connectivity index (χ4v) is 6.22. The van der Waals surface area contributed by atoms with Crippen LogP contribution in [0.1, 0.15) is 155 Å². The molecule has 0 fully saturated rings. The van der Waals surface area contributed by atoms with E-state index in [1.807, 2.05) is 36.4 Å². The smallest absolute Gasteiger partial charge is 0.311 e. The molecule has 0 bridgehead atoms. The van der Waals surface area contributed by atoms with Crippen LogP contribution in [0.25, 0.3) is 21.5 Å². The SMILES string of the molecule is CCCCCCCCCCCC(=O)Oc1c2ccccc2c(OC(=O)CCCCCCCCCCC)c2c(CC)cccc12. The van der Waals surface area contributed by atoms with Crippen LogP contribution in [0.4, 0.5) is 0 Å². The van der Waals surface area contributed by atoms with Crippen molar-refractivity contribution >= 4 is 33.5 Å². The molecule has 0 saturated carbocycles. The van der Waals surface area contributed by atoms with Gasteiger partial charge in [-0.1, -0.05) is 166 Å². The number of aryl methyl sites for hydroxylation is 1. The van der Waals surface area contributed by atoms with E-state index in [-0.39, 0.29) is 11.9 Å². The van der Waals surface area contributed by atoms with Crippen molar-refractivity contribution in [2.24, 2.45) is 0 Å². The summed E-state index contributed by atoms with van der Waals surface area (Å²) in [5.41, 5.74) is 1.08. The van der Waals surface area contributed by atoms with Gasteiger partial charge >= 0.3 is 11.9 Å². The number of benzene rings is 3. The molecule has 3 aromatic carbocycles. The largest absolute Gasteiger partial charge is 0.425 e. The molecule has 0 unspecified atom stereocenters. The van der Waals surface area contributed by atoms with Gasteiger partial charge in [-0.15, -0.1) is 0 Å². The third-order valence-electron chi connectivity index (χ3n) is 8.82. The molecule has 0 heterocycles. The fraction of sp³-hybridized carbons (Fsp3) is 0.600. The van der Waals surface area contributed by atoms with E-state index < -0.39 is 0 Å². The lowest BCUT2D eigenvalue weighted by atomic mass is 9.96. The Morgan fingerprint density at radius 1 is 0.477 bits per heavy atom. The molecule has 4 heteroatoms. The van der Waals surface area contributed by atoms with Gasteiger partial charge in [0, 0.05) is 34.4 Å². The minimum Gasteiger partial charge on any atom is -0.425 e. The highest BCUT2D eigenvalue weighted by atomic mass is 16.5. The van der Waals surface area contributed by atoms with Gasteiger partial charge in [-0.05, 0) is 24.8 Å². The Morgan fingerprint density at radius 3 is 1.36 bits per heavy atom. The predicted molar refractivity (Wildman–Crippen MR) is 186 cm³/mol. The number of carbonyl (C=O) groups is 2. The summed E-state index contributed by atoms with van der Waals surface area (Å²) in [6.07, 6.45) is 23.3. The van der Waals surface area contributed by atoms with Crippen molar-refractivity contribution in [3.05, 3.63) is 48.0 Å². The Bertz CT molecular complexity index is 1280. The summed E-state index contributed by atoms with van der Waals surface area (Å²) in [4.78, 5) is 26.2. The van der Waals surface area contributed by atoms with E-state index in [4.69, 9.17) is 9.47 Å². The second kappa shape index (κ2) is 21.0. The zero-order chi connectivity index (χ0) is 31.4. The summed E-state index contributed by atoms with van der Waals surface area (Å²) >= 11 is 0. The predicted octanol–water partition coefficient (Wildman–Crippen LogP) is 12.2. The maximum absolute atomic E-state index is 13.1. The molecule has 0 aliphatic heterocycles. The number of hydrogen-bond acceptors (Lipinski definition) is 4. The average Bonchev–Trinajstić information content (AvgIpc) is 3.04. The molecule has 3 rings (SSSR count). The van der Waals surface area contributed by atoms with Gasteiger partial charge in [-0.2, -0.15) is 0 Å².